The summed E-state index contributed by atoms with van der Waals surface area (Å²) in [6, 6.07) is 1.19. The van der Waals surface area contributed by atoms with Gasteiger partial charge in [0.05, 0.1) is 19.2 Å². The normalized spacial score (nSPS) is 20.9. The molecule has 29 heavy (non-hydrogen) atoms. The van der Waals surface area contributed by atoms with Gasteiger partial charge in [0.25, 0.3) is 5.91 Å². The minimum atomic E-state index is -0.804. The van der Waals surface area contributed by atoms with E-state index < -0.39 is 12.1 Å². The lowest BCUT2D eigenvalue weighted by molar-refractivity contribution is -0.129. The van der Waals surface area contributed by atoms with E-state index in [1.165, 1.54) is 13.1 Å². The van der Waals surface area contributed by atoms with Gasteiger partial charge in [0, 0.05) is 38.2 Å². The van der Waals surface area contributed by atoms with Gasteiger partial charge >= 0.3 is 0 Å². The summed E-state index contributed by atoms with van der Waals surface area (Å²) >= 11 is 0. The maximum atomic E-state index is 13.2. The summed E-state index contributed by atoms with van der Waals surface area (Å²) in [5.41, 5.74) is 0.717. The Morgan fingerprint density at radius 1 is 1.48 bits per heavy atom. The third-order valence-electron chi connectivity index (χ3n) is 4.94. The van der Waals surface area contributed by atoms with E-state index in [1.807, 2.05) is 6.92 Å². The number of aliphatic hydroxyl groups excluding tert-OH is 2. The Labute approximate surface area is 171 Å². The number of carbonyl (C=O) groups is 2. The van der Waals surface area contributed by atoms with Crippen molar-refractivity contribution in [2.75, 3.05) is 26.7 Å². The Balaban J connectivity index is 2.49. The predicted molar refractivity (Wildman–Crippen MR) is 107 cm³/mol. The minimum absolute atomic E-state index is 0.0866. The van der Waals surface area contributed by atoms with Crippen LogP contribution < -0.4 is 4.74 Å². The van der Waals surface area contributed by atoms with E-state index in [9.17, 15) is 19.8 Å². The lowest BCUT2D eigenvalue weighted by Crippen LogP contribution is -2.50. The van der Waals surface area contributed by atoms with Gasteiger partial charge in [-0.25, -0.2) is 4.98 Å². The number of carbonyl (C=O) groups excluding carboxylic acids is 2. The monoisotopic (exact) mass is 403 g/mol. The third kappa shape index (κ3) is 5.68. The number of likely N-dealkylation sites (N-methyl/N-ethyl adjacent to an activating group) is 1. The van der Waals surface area contributed by atoms with Crippen LogP contribution >= 0.6 is 0 Å². The Hall–Kier alpha value is -2.63. The van der Waals surface area contributed by atoms with Crippen molar-refractivity contribution in [2.45, 2.75) is 45.9 Å². The number of amides is 2. The zero-order chi connectivity index (χ0) is 21.7. The van der Waals surface area contributed by atoms with E-state index in [1.54, 1.807) is 36.8 Å². The molecular formula is C21H29N3O5. The van der Waals surface area contributed by atoms with Crippen molar-refractivity contribution in [1.82, 2.24) is 14.8 Å². The highest BCUT2D eigenvalue weighted by Crippen LogP contribution is 2.27. The molecule has 0 unspecified atom stereocenters. The molecule has 2 N–H and O–H groups in total. The molecule has 0 aromatic carbocycles. The summed E-state index contributed by atoms with van der Waals surface area (Å²) in [4.78, 5) is 32.3. The summed E-state index contributed by atoms with van der Waals surface area (Å²) in [7, 11) is 1.69. The summed E-state index contributed by atoms with van der Waals surface area (Å²) in [5.74, 6) is 5.09. The number of nitrogens with zero attached hydrogens (tertiary/aromatic N) is 3. The quantitative estimate of drug-likeness (QED) is 0.710. The fourth-order valence-electron chi connectivity index (χ4n) is 2.97. The molecule has 0 aliphatic carbocycles. The molecule has 1 aromatic heterocycles. The number of aromatic nitrogens is 1. The number of rotatable bonds is 4. The van der Waals surface area contributed by atoms with Crippen molar-refractivity contribution in [3.63, 3.8) is 0 Å². The summed E-state index contributed by atoms with van der Waals surface area (Å²) < 4.78 is 6.07. The Bertz CT molecular complexity index is 814. The van der Waals surface area contributed by atoms with Gasteiger partial charge in [-0.05, 0) is 19.9 Å². The van der Waals surface area contributed by atoms with E-state index >= 15 is 0 Å². The number of ether oxygens (including phenoxy) is 1. The molecule has 1 aliphatic rings. The first-order valence-electron chi connectivity index (χ1n) is 9.63. The fourth-order valence-corrected chi connectivity index (χ4v) is 2.97. The van der Waals surface area contributed by atoms with E-state index in [4.69, 9.17) is 4.74 Å². The van der Waals surface area contributed by atoms with Gasteiger partial charge in [-0.2, -0.15) is 0 Å². The molecule has 0 fully saturated rings. The standard InChI is InChI=1S/C21H29N3O5/c1-13-10-24(14(2)12-25)21(28)18-8-17(7-6-15(3)26)9-22-20(18)29-19(13)11-23(5)16(4)27/h8-9,13-15,19,25-26H,10-12H2,1-5H3/t13-,14-,15-,19-/m1/s1. The van der Waals surface area contributed by atoms with Gasteiger partial charge in [0.1, 0.15) is 17.8 Å². The molecule has 0 saturated carbocycles. The van der Waals surface area contributed by atoms with Crippen LogP contribution in [0.3, 0.4) is 0 Å². The number of hydrogen-bond acceptors (Lipinski definition) is 6. The second-order valence-corrected chi connectivity index (χ2v) is 7.54. The fraction of sp³-hybridized carbons (Fsp3) is 0.571. The first-order chi connectivity index (χ1) is 13.6. The van der Waals surface area contributed by atoms with Crippen molar-refractivity contribution in [3.05, 3.63) is 23.4 Å². The van der Waals surface area contributed by atoms with Crippen LogP contribution in [0.15, 0.2) is 12.3 Å². The van der Waals surface area contributed by atoms with Crippen LogP contribution in [-0.2, 0) is 4.79 Å². The van der Waals surface area contributed by atoms with E-state index in [-0.39, 0.29) is 41.9 Å². The first kappa shape index (κ1) is 22.7. The molecule has 0 bridgehead atoms. The molecule has 158 valence electrons. The highest BCUT2D eigenvalue weighted by molar-refractivity contribution is 5.97. The van der Waals surface area contributed by atoms with E-state index in [0.29, 0.717) is 18.7 Å². The van der Waals surface area contributed by atoms with Crippen molar-refractivity contribution >= 4 is 11.8 Å². The molecule has 8 heteroatoms. The number of fused-ring (bicyclic) bond motifs is 1. The molecule has 2 amide bonds. The van der Waals surface area contributed by atoms with Crippen molar-refractivity contribution in [3.8, 4) is 17.7 Å². The van der Waals surface area contributed by atoms with Crippen LogP contribution in [0.4, 0.5) is 0 Å². The molecule has 1 aromatic rings. The number of pyridine rings is 1. The maximum absolute atomic E-state index is 13.2. The van der Waals surface area contributed by atoms with Crippen LogP contribution in [0.1, 0.15) is 43.6 Å². The lowest BCUT2D eigenvalue weighted by atomic mass is 10.00. The van der Waals surface area contributed by atoms with E-state index in [2.05, 4.69) is 16.8 Å². The van der Waals surface area contributed by atoms with Crippen LogP contribution in [0.5, 0.6) is 5.88 Å². The molecule has 8 nitrogen and oxygen atoms in total. The molecule has 0 saturated heterocycles. The number of aliphatic hydroxyl groups is 2. The van der Waals surface area contributed by atoms with Crippen LogP contribution in [0, 0.1) is 17.8 Å². The second kappa shape index (κ2) is 9.72. The smallest absolute Gasteiger partial charge is 0.259 e. The third-order valence-corrected chi connectivity index (χ3v) is 4.94. The minimum Gasteiger partial charge on any atom is -0.472 e. The van der Waals surface area contributed by atoms with Crippen LogP contribution in [0.25, 0.3) is 0 Å². The van der Waals surface area contributed by atoms with Gasteiger partial charge in [-0.15, -0.1) is 0 Å². The van der Waals surface area contributed by atoms with Crippen molar-refractivity contribution in [1.29, 1.82) is 0 Å². The van der Waals surface area contributed by atoms with Gasteiger partial charge < -0.3 is 24.7 Å². The molecular weight excluding hydrogens is 374 g/mol. The average molecular weight is 403 g/mol. The van der Waals surface area contributed by atoms with Gasteiger partial charge in [0.2, 0.25) is 11.8 Å². The Morgan fingerprint density at radius 3 is 2.76 bits per heavy atom. The zero-order valence-corrected chi connectivity index (χ0v) is 17.5. The predicted octanol–water partition coefficient (Wildman–Crippen LogP) is 0.512. The van der Waals surface area contributed by atoms with E-state index in [0.717, 1.165) is 0 Å². The van der Waals surface area contributed by atoms with Crippen LogP contribution in [0.2, 0.25) is 0 Å². The first-order valence-corrected chi connectivity index (χ1v) is 9.63. The molecule has 2 heterocycles. The van der Waals surface area contributed by atoms with Gasteiger partial charge in [-0.1, -0.05) is 18.8 Å². The molecule has 0 radical (unpaired) electrons. The largest absolute Gasteiger partial charge is 0.472 e. The highest BCUT2D eigenvalue weighted by atomic mass is 16.5. The Morgan fingerprint density at radius 2 is 2.17 bits per heavy atom. The van der Waals surface area contributed by atoms with Crippen LogP contribution in [-0.4, -0.2) is 81.8 Å². The maximum Gasteiger partial charge on any atom is 0.259 e. The number of hydrogen-bond donors (Lipinski definition) is 2. The lowest BCUT2D eigenvalue weighted by Gasteiger charge is -2.37. The molecule has 1 aliphatic heterocycles. The average Bonchev–Trinajstić information content (AvgIpc) is 2.68. The second-order valence-electron chi connectivity index (χ2n) is 7.54. The molecule has 4 atom stereocenters. The highest BCUT2D eigenvalue weighted by Gasteiger charge is 2.34. The molecule has 0 spiro atoms. The summed E-state index contributed by atoms with van der Waals surface area (Å²) in [5, 5.41) is 19.0. The SMILES string of the molecule is CC(=O)N(C)C[C@H]1Oc2ncc(C#C[C@@H](C)O)cc2C(=O)N([C@H](C)CO)C[C@H]1C. The summed E-state index contributed by atoms with van der Waals surface area (Å²) in [6.45, 7) is 7.27. The van der Waals surface area contributed by atoms with Gasteiger partial charge in [-0.3, -0.25) is 9.59 Å². The molecule has 2 rings (SSSR count). The summed E-state index contributed by atoms with van der Waals surface area (Å²) in [6.07, 6.45) is 0.299. The zero-order valence-electron chi connectivity index (χ0n) is 17.5. The van der Waals surface area contributed by atoms with Crippen molar-refractivity contribution < 1.29 is 24.5 Å². The van der Waals surface area contributed by atoms with Gasteiger partial charge in [0.15, 0.2) is 0 Å². The van der Waals surface area contributed by atoms with Crippen molar-refractivity contribution in [2.24, 2.45) is 5.92 Å². The topological polar surface area (TPSA) is 103 Å². The Kier molecular flexibility index (Phi) is 7.59.